The summed E-state index contributed by atoms with van der Waals surface area (Å²) in [6.45, 7) is 5.32. The maximum Gasteiger partial charge on any atom is 0.158 e. The fourth-order valence-electron chi connectivity index (χ4n) is 1.97. The quantitative estimate of drug-likeness (QED) is 0.694. The summed E-state index contributed by atoms with van der Waals surface area (Å²) in [5, 5.41) is 9.13. The molecule has 1 rings (SSSR count). The van der Waals surface area contributed by atoms with Gasteiger partial charge in [0.25, 0.3) is 0 Å². The first-order chi connectivity index (χ1) is 6.76. The molecule has 0 aromatic rings. The normalized spacial score (nSPS) is 32.5. The number of nitriles is 1. The average molecular weight is 197 g/mol. The van der Waals surface area contributed by atoms with E-state index in [1.807, 2.05) is 6.92 Å². The van der Waals surface area contributed by atoms with Crippen LogP contribution in [0.5, 0.6) is 0 Å². The Morgan fingerprint density at radius 3 is 2.93 bits per heavy atom. The number of hydrogen-bond donors (Lipinski definition) is 0. The molecule has 1 aliphatic heterocycles. The van der Waals surface area contributed by atoms with Crippen molar-refractivity contribution in [3.8, 4) is 6.07 Å². The molecule has 2 atom stereocenters. The lowest BCUT2D eigenvalue weighted by Crippen LogP contribution is -2.42. The van der Waals surface area contributed by atoms with Crippen molar-refractivity contribution in [3.05, 3.63) is 0 Å². The Hall–Kier alpha value is -0.590. The Balaban J connectivity index is 2.55. The van der Waals surface area contributed by atoms with Crippen LogP contribution in [0.3, 0.4) is 0 Å². The van der Waals surface area contributed by atoms with Crippen LogP contribution in [0.25, 0.3) is 0 Å². The third-order valence-electron chi connectivity index (χ3n) is 2.65. The molecular weight excluding hydrogens is 178 g/mol. The van der Waals surface area contributed by atoms with Crippen molar-refractivity contribution in [1.29, 1.82) is 5.26 Å². The van der Waals surface area contributed by atoms with Crippen molar-refractivity contribution >= 4 is 0 Å². The first kappa shape index (κ1) is 11.5. The molecule has 0 aromatic heterocycles. The monoisotopic (exact) mass is 197 g/mol. The van der Waals surface area contributed by atoms with Crippen LogP contribution in [0.2, 0.25) is 0 Å². The van der Waals surface area contributed by atoms with E-state index in [2.05, 4.69) is 13.0 Å². The van der Waals surface area contributed by atoms with Gasteiger partial charge in [-0.3, -0.25) is 0 Å². The van der Waals surface area contributed by atoms with Gasteiger partial charge in [-0.05, 0) is 13.3 Å². The highest BCUT2D eigenvalue weighted by Gasteiger charge is 2.37. The Bertz CT molecular complexity index is 206. The Morgan fingerprint density at radius 1 is 1.57 bits per heavy atom. The van der Waals surface area contributed by atoms with Crippen LogP contribution >= 0.6 is 0 Å². The molecule has 80 valence electrons. The summed E-state index contributed by atoms with van der Waals surface area (Å²) in [5.41, 5.74) is -0.577. The summed E-state index contributed by atoms with van der Waals surface area (Å²) in [5.74, 6) is 0. The van der Waals surface area contributed by atoms with Crippen LogP contribution in [-0.4, -0.2) is 24.9 Å². The summed E-state index contributed by atoms with van der Waals surface area (Å²) >= 11 is 0. The smallest absolute Gasteiger partial charge is 0.158 e. The molecule has 3 heteroatoms. The van der Waals surface area contributed by atoms with Crippen LogP contribution in [0.15, 0.2) is 0 Å². The number of ether oxygens (including phenoxy) is 2. The van der Waals surface area contributed by atoms with E-state index in [0.29, 0.717) is 19.6 Å². The largest absolute Gasteiger partial charge is 0.378 e. The molecule has 1 aliphatic rings. The highest BCUT2D eigenvalue weighted by molar-refractivity contribution is 5.04. The standard InChI is InChI=1S/C11H19NO2/c1-3-5-10-8-11(9-12,14-4-2)6-7-13-10/h10H,3-8H2,1-2H3. The summed E-state index contributed by atoms with van der Waals surface area (Å²) in [6, 6.07) is 2.30. The molecule has 1 fully saturated rings. The zero-order chi connectivity index (χ0) is 10.4. The minimum absolute atomic E-state index is 0.208. The lowest BCUT2D eigenvalue weighted by atomic mass is 9.90. The van der Waals surface area contributed by atoms with Crippen LogP contribution in [0.1, 0.15) is 39.5 Å². The van der Waals surface area contributed by atoms with Gasteiger partial charge in [-0.1, -0.05) is 13.3 Å². The van der Waals surface area contributed by atoms with Gasteiger partial charge in [0, 0.05) is 19.4 Å². The minimum atomic E-state index is -0.577. The Morgan fingerprint density at radius 2 is 2.36 bits per heavy atom. The average Bonchev–Trinajstić information content (AvgIpc) is 2.19. The third-order valence-corrected chi connectivity index (χ3v) is 2.65. The van der Waals surface area contributed by atoms with Gasteiger partial charge < -0.3 is 9.47 Å². The van der Waals surface area contributed by atoms with Crippen molar-refractivity contribution in [2.24, 2.45) is 0 Å². The van der Waals surface area contributed by atoms with Gasteiger partial charge in [-0.2, -0.15) is 5.26 Å². The van der Waals surface area contributed by atoms with Crippen LogP contribution in [-0.2, 0) is 9.47 Å². The molecule has 0 saturated carbocycles. The van der Waals surface area contributed by atoms with Crippen molar-refractivity contribution in [1.82, 2.24) is 0 Å². The molecule has 1 heterocycles. The van der Waals surface area contributed by atoms with Crippen LogP contribution in [0, 0.1) is 11.3 Å². The molecule has 0 aliphatic carbocycles. The lowest BCUT2D eigenvalue weighted by Gasteiger charge is -2.35. The van der Waals surface area contributed by atoms with Gasteiger partial charge in [0.2, 0.25) is 0 Å². The minimum Gasteiger partial charge on any atom is -0.378 e. The molecule has 2 unspecified atom stereocenters. The number of rotatable bonds is 4. The van der Waals surface area contributed by atoms with E-state index in [-0.39, 0.29) is 6.10 Å². The molecule has 1 saturated heterocycles. The van der Waals surface area contributed by atoms with Gasteiger partial charge in [0.05, 0.1) is 18.8 Å². The van der Waals surface area contributed by atoms with E-state index >= 15 is 0 Å². The van der Waals surface area contributed by atoms with E-state index < -0.39 is 5.60 Å². The van der Waals surface area contributed by atoms with E-state index in [0.717, 1.165) is 19.3 Å². The predicted molar refractivity (Wildman–Crippen MR) is 53.9 cm³/mol. The fraction of sp³-hybridized carbons (Fsp3) is 0.909. The lowest BCUT2D eigenvalue weighted by molar-refractivity contribution is -0.108. The van der Waals surface area contributed by atoms with Gasteiger partial charge in [-0.15, -0.1) is 0 Å². The Labute approximate surface area is 86.0 Å². The van der Waals surface area contributed by atoms with Crippen molar-refractivity contribution in [2.75, 3.05) is 13.2 Å². The number of nitrogens with zero attached hydrogens (tertiary/aromatic N) is 1. The fourth-order valence-corrected chi connectivity index (χ4v) is 1.97. The molecule has 0 N–H and O–H groups in total. The first-order valence-electron chi connectivity index (χ1n) is 5.43. The zero-order valence-corrected chi connectivity index (χ0v) is 9.08. The van der Waals surface area contributed by atoms with Crippen molar-refractivity contribution in [3.63, 3.8) is 0 Å². The zero-order valence-electron chi connectivity index (χ0n) is 9.08. The molecular formula is C11H19NO2. The first-order valence-corrected chi connectivity index (χ1v) is 5.43. The maximum atomic E-state index is 9.13. The summed E-state index contributed by atoms with van der Waals surface area (Å²) in [4.78, 5) is 0. The van der Waals surface area contributed by atoms with Gasteiger partial charge in [0.15, 0.2) is 5.60 Å². The highest BCUT2D eigenvalue weighted by Crippen LogP contribution is 2.29. The second-order valence-corrected chi connectivity index (χ2v) is 3.77. The molecule has 0 aromatic carbocycles. The van der Waals surface area contributed by atoms with Gasteiger partial charge in [0.1, 0.15) is 0 Å². The predicted octanol–water partition coefficient (Wildman–Crippen LogP) is 2.26. The van der Waals surface area contributed by atoms with Gasteiger partial charge >= 0.3 is 0 Å². The maximum absolute atomic E-state index is 9.13. The molecule has 0 amide bonds. The molecule has 0 bridgehead atoms. The summed E-state index contributed by atoms with van der Waals surface area (Å²) < 4.78 is 11.1. The second kappa shape index (κ2) is 5.33. The van der Waals surface area contributed by atoms with Crippen LogP contribution in [0.4, 0.5) is 0 Å². The SMILES string of the molecule is CCCC1CC(C#N)(OCC)CCO1. The number of hydrogen-bond acceptors (Lipinski definition) is 3. The summed E-state index contributed by atoms with van der Waals surface area (Å²) in [7, 11) is 0. The van der Waals surface area contributed by atoms with E-state index in [9.17, 15) is 0 Å². The Kier molecular flexibility index (Phi) is 4.37. The van der Waals surface area contributed by atoms with E-state index in [1.54, 1.807) is 0 Å². The topological polar surface area (TPSA) is 42.2 Å². The second-order valence-electron chi connectivity index (χ2n) is 3.77. The molecule has 3 nitrogen and oxygen atoms in total. The summed E-state index contributed by atoms with van der Waals surface area (Å²) in [6.07, 6.45) is 3.76. The molecule has 14 heavy (non-hydrogen) atoms. The van der Waals surface area contributed by atoms with Crippen molar-refractivity contribution in [2.45, 2.75) is 51.2 Å². The van der Waals surface area contributed by atoms with Gasteiger partial charge in [-0.25, -0.2) is 0 Å². The van der Waals surface area contributed by atoms with E-state index in [1.165, 1.54) is 0 Å². The van der Waals surface area contributed by atoms with Crippen molar-refractivity contribution < 1.29 is 9.47 Å². The molecule has 0 radical (unpaired) electrons. The third kappa shape index (κ3) is 2.70. The highest BCUT2D eigenvalue weighted by atomic mass is 16.5. The van der Waals surface area contributed by atoms with E-state index in [4.69, 9.17) is 14.7 Å². The van der Waals surface area contributed by atoms with Crippen LogP contribution < -0.4 is 0 Å². The molecule has 0 spiro atoms.